The Balaban J connectivity index is 2.01. The smallest absolute Gasteiger partial charge is 0.422 e. The second-order valence-corrected chi connectivity index (χ2v) is 9.34. The van der Waals surface area contributed by atoms with E-state index in [0.29, 0.717) is 18.5 Å². The van der Waals surface area contributed by atoms with Crippen molar-refractivity contribution in [3.05, 3.63) is 42.0 Å². The molecular formula is C29H41F3N2O4. The van der Waals surface area contributed by atoms with Gasteiger partial charge in [-0.2, -0.15) is 13.2 Å². The quantitative estimate of drug-likeness (QED) is 0.109. The summed E-state index contributed by atoms with van der Waals surface area (Å²) < 4.78 is 56.4. The number of ether oxygens (including phenoxy) is 3. The van der Waals surface area contributed by atoms with Crippen molar-refractivity contribution in [2.45, 2.75) is 110 Å². The van der Waals surface area contributed by atoms with Crippen LogP contribution < -0.4 is 4.74 Å². The number of hydrogen-bond acceptors (Lipinski definition) is 6. The van der Waals surface area contributed by atoms with E-state index in [1.807, 2.05) is 19.1 Å². The number of carbonyl (C=O) groups excluding carboxylic acids is 1. The van der Waals surface area contributed by atoms with Crippen LogP contribution in [0.1, 0.15) is 90.5 Å². The molecule has 2 unspecified atom stereocenters. The van der Waals surface area contributed by atoms with Crippen molar-refractivity contribution in [1.29, 1.82) is 0 Å². The van der Waals surface area contributed by atoms with Gasteiger partial charge in [-0.3, -0.25) is 4.79 Å². The van der Waals surface area contributed by atoms with Gasteiger partial charge < -0.3 is 14.2 Å². The summed E-state index contributed by atoms with van der Waals surface area (Å²) in [6, 6.07) is 11.0. The molecule has 0 N–H and O–H groups in total. The lowest BCUT2D eigenvalue weighted by Gasteiger charge is -2.28. The fraction of sp³-hybridized carbons (Fsp3) is 0.621. The van der Waals surface area contributed by atoms with Crippen LogP contribution in [0.3, 0.4) is 0 Å². The Hall–Kier alpha value is -2.68. The first-order valence-corrected chi connectivity index (χ1v) is 13.8. The largest absolute Gasteiger partial charge is 0.433 e. The standard InChI is InChI=1S/C29H41F3N2O4/c1-4-7-9-10-11-12-13-14-22-15-17-23(18-16-22)24-19-20-25(34-33-24)37-28(38-26(35)6-3)27(29(30,31)32)36-21-8-5-2/h15-20,27-28H,4-14,21H2,1-3H3. The van der Waals surface area contributed by atoms with E-state index in [4.69, 9.17) is 14.2 Å². The number of aryl methyl sites for hydroxylation is 1. The number of benzene rings is 1. The van der Waals surface area contributed by atoms with E-state index in [1.54, 1.807) is 6.07 Å². The first kappa shape index (κ1) is 31.5. The van der Waals surface area contributed by atoms with Crippen LogP contribution in [-0.2, 0) is 20.7 Å². The predicted octanol–water partition coefficient (Wildman–Crippen LogP) is 7.84. The average Bonchev–Trinajstić information content (AvgIpc) is 2.90. The Kier molecular flexibility index (Phi) is 14.1. The van der Waals surface area contributed by atoms with Crippen molar-refractivity contribution in [2.75, 3.05) is 6.61 Å². The number of hydrogen-bond donors (Lipinski definition) is 0. The predicted molar refractivity (Wildman–Crippen MR) is 141 cm³/mol. The minimum absolute atomic E-state index is 0.112. The van der Waals surface area contributed by atoms with Gasteiger partial charge in [-0.15, -0.1) is 10.2 Å². The number of carbonyl (C=O) groups is 1. The fourth-order valence-electron chi connectivity index (χ4n) is 3.83. The Labute approximate surface area is 224 Å². The van der Waals surface area contributed by atoms with Crippen LogP contribution in [0, 0.1) is 0 Å². The third kappa shape index (κ3) is 11.4. The molecule has 0 aliphatic heterocycles. The van der Waals surface area contributed by atoms with Crippen LogP contribution in [0.5, 0.6) is 5.88 Å². The molecule has 9 heteroatoms. The van der Waals surface area contributed by atoms with E-state index < -0.39 is 24.5 Å². The summed E-state index contributed by atoms with van der Waals surface area (Å²) in [5.41, 5.74) is 2.63. The average molecular weight is 539 g/mol. The Morgan fingerprint density at radius 2 is 1.50 bits per heavy atom. The van der Waals surface area contributed by atoms with Gasteiger partial charge >= 0.3 is 12.1 Å². The minimum Gasteiger partial charge on any atom is -0.433 e. The zero-order valence-corrected chi connectivity index (χ0v) is 22.8. The molecular weight excluding hydrogens is 497 g/mol. The van der Waals surface area contributed by atoms with E-state index in [2.05, 4.69) is 29.3 Å². The SMILES string of the molecule is CCCCCCCCCc1ccc(-c2ccc(OC(OC(=O)CC)C(OCCCC)C(F)(F)F)nn2)cc1. The molecule has 1 heterocycles. The van der Waals surface area contributed by atoms with Gasteiger partial charge in [0.25, 0.3) is 6.29 Å². The van der Waals surface area contributed by atoms with Crippen molar-refractivity contribution in [1.82, 2.24) is 10.2 Å². The second-order valence-electron chi connectivity index (χ2n) is 9.34. The topological polar surface area (TPSA) is 70.5 Å². The molecule has 0 saturated heterocycles. The van der Waals surface area contributed by atoms with Gasteiger partial charge in [-0.25, -0.2) is 0 Å². The third-order valence-electron chi connectivity index (χ3n) is 6.10. The highest BCUT2D eigenvalue weighted by molar-refractivity contribution is 5.69. The first-order chi connectivity index (χ1) is 18.3. The number of unbranched alkanes of at least 4 members (excludes halogenated alkanes) is 7. The molecule has 6 nitrogen and oxygen atoms in total. The van der Waals surface area contributed by atoms with Crippen molar-refractivity contribution in [3.63, 3.8) is 0 Å². The number of aromatic nitrogens is 2. The van der Waals surface area contributed by atoms with Crippen molar-refractivity contribution >= 4 is 5.97 Å². The molecule has 0 bridgehead atoms. The Bertz CT molecular complexity index is 921. The van der Waals surface area contributed by atoms with Gasteiger partial charge in [0.2, 0.25) is 12.0 Å². The lowest BCUT2D eigenvalue weighted by atomic mass is 10.0. The van der Waals surface area contributed by atoms with E-state index >= 15 is 0 Å². The zero-order valence-electron chi connectivity index (χ0n) is 22.8. The van der Waals surface area contributed by atoms with E-state index in [-0.39, 0.29) is 18.9 Å². The third-order valence-corrected chi connectivity index (χ3v) is 6.10. The molecule has 0 aliphatic rings. The first-order valence-electron chi connectivity index (χ1n) is 13.8. The van der Waals surface area contributed by atoms with Crippen molar-refractivity contribution < 1.29 is 32.2 Å². The molecule has 0 fully saturated rings. The summed E-state index contributed by atoms with van der Waals surface area (Å²) in [6.45, 7) is 5.38. The molecule has 1 aromatic heterocycles. The summed E-state index contributed by atoms with van der Waals surface area (Å²) in [4.78, 5) is 11.8. The Morgan fingerprint density at radius 1 is 0.842 bits per heavy atom. The normalized spacial score (nSPS) is 13.2. The van der Waals surface area contributed by atoms with Crippen LogP contribution in [0.25, 0.3) is 11.3 Å². The fourth-order valence-corrected chi connectivity index (χ4v) is 3.83. The Morgan fingerprint density at radius 3 is 2.08 bits per heavy atom. The molecule has 0 spiro atoms. The highest BCUT2D eigenvalue weighted by Gasteiger charge is 2.49. The maximum atomic E-state index is 13.7. The number of esters is 1. The van der Waals surface area contributed by atoms with Crippen LogP contribution in [-0.4, -0.2) is 41.3 Å². The van der Waals surface area contributed by atoms with Crippen LogP contribution in [0.15, 0.2) is 36.4 Å². The van der Waals surface area contributed by atoms with E-state index in [9.17, 15) is 18.0 Å². The molecule has 38 heavy (non-hydrogen) atoms. The summed E-state index contributed by atoms with van der Waals surface area (Å²) in [7, 11) is 0. The van der Waals surface area contributed by atoms with Gasteiger partial charge in [0.05, 0.1) is 5.69 Å². The molecule has 2 aromatic rings. The number of alkyl halides is 3. The lowest BCUT2D eigenvalue weighted by Crippen LogP contribution is -2.47. The van der Waals surface area contributed by atoms with Gasteiger partial charge in [-0.05, 0) is 30.9 Å². The summed E-state index contributed by atoms with van der Waals surface area (Å²) in [5.74, 6) is -1.05. The van der Waals surface area contributed by atoms with Crippen molar-refractivity contribution in [3.8, 4) is 17.1 Å². The molecule has 2 atom stereocenters. The summed E-state index contributed by atoms with van der Waals surface area (Å²) in [6.07, 6.45) is 1.53. The number of nitrogens with zero attached hydrogens (tertiary/aromatic N) is 2. The van der Waals surface area contributed by atoms with Gasteiger partial charge in [-0.1, -0.05) is 90.0 Å². The van der Waals surface area contributed by atoms with E-state index in [0.717, 1.165) is 18.4 Å². The van der Waals surface area contributed by atoms with Crippen LogP contribution in [0.2, 0.25) is 0 Å². The zero-order chi connectivity index (χ0) is 27.8. The molecule has 2 rings (SSSR count). The second kappa shape index (κ2) is 17.0. The molecule has 212 valence electrons. The maximum absolute atomic E-state index is 13.7. The molecule has 0 saturated carbocycles. The number of halogens is 3. The summed E-state index contributed by atoms with van der Waals surface area (Å²) >= 11 is 0. The van der Waals surface area contributed by atoms with Gasteiger partial charge in [0, 0.05) is 24.7 Å². The van der Waals surface area contributed by atoms with E-state index in [1.165, 1.54) is 57.1 Å². The molecule has 0 amide bonds. The highest BCUT2D eigenvalue weighted by Crippen LogP contribution is 2.29. The monoisotopic (exact) mass is 538 g/mol. The highest BCUT2D eigenvalue weighted by atomic mass is 19.4. The van der Waals surface area contributed by atoms with Gasteiger partial charge in [0.15, 0.2) is 0 Å². The lowest BCUT2D eigenvalue weighted by molar-refractivity contribution is -0.280. The summed E-state index contributed by atoms with van der Waals surface area (Å²) in [5, 5.41) is 8.02. The molecule has 1 aromatic carbocycles. The van der Waals surface area contributed by atoms with Crippen LogP contribution >= 0.6 is 0 Å². The molecule has 0 aliphatic carbocycles. The van der Waals surface area contributed by atoms with Crippen molar-refractivity contribution in [2.24, 2.45) is 0 Å². The maximum Gasteiger partial charge on any atom is 0.422 e. The van der Waals surface area contributed by atoms with Crippen LogP contribution in [0.4, 0.5) is 13.2 Å². The number of rotatable bonds is 18. The molecule has 0 radical (unpaired) electrons. The minimum atomic E-state index is -4.81. The van der Waals surface area contributed by atoms with Gasteiger partial charge in [0.1, 0.15) is 0 Å².